The lowest BCUT2D eigenvalue weighted by Gasteiger charge is -2.20. The van der Waals surface area contributed by atoms with Crippen molar-refractivity contribution in [1.82, 2.24) is 5.32 Å². The van der Waals surface area contributed by atoms with E-state index in [1.54, 1.807) is 25.4 Å². The highest BCUT2D eigenvalue weighted by Gasteiger charge is 2.21. The van der Waals surface area contributed by atoms with Gasteiger partial charge >= 0.3 is 0 Å². The highest BCUT2D eigenvalue weighted by molar-refractivity contribution is 5.50. The second kappa shape index (κ2) is 5.85. The molecule has 3 rings (SSSR count). The smallest absolute Gasteiger partial charge is 0.149 e. The number of halogens is 2. The Kier molecular flexibility index (Phi) is 3.92. The van der Waals surface area contributed by atoms with Crippen LogP contribution in [0.2, 0.25) is 0 Å². The third kappa shape index (κ3) is 3.42. The Morgan fingerprint density at radius 2 is 2.00 bits per heavy atom. The van der Waals surface area contributed by atoms with E-state index in [1.807, 2.05) is 0 Å². The van der Waals surface area contributed by atoms with E-state index in [-0.39, 0.29) is 5.69 Å². The molecular formula is C16H18F2N2O. The molecule has 112 valence electrons. The van der Waals surface area contributed by atoms with Gasteiger partial charge < -0.3 is 14.6 Å². The van der Waals surface area contributed by atoms with E-state index in [4.69, 9.17) is 4.42 Å². The third-order valence-electron chi connectivity index (χ3n) is 3.60. The molecule has 1 aromatic carbocycles. The first-order valence-electron chi connectivity index (χ1n) is 7.08. The molecule has 1 heterocycles. The molecule has 2 aromatic rings. The van der Waals surface area contributed by atoms with Crippen molar-refractivity contribution < 1.29 is 13.2 Å². The molecule has 21 heavy (non-hydrogen) atoms. The van der Waals surface area contributed by atoms with Crippen LogP contribution in [0.15, 0.2) is 34.9 Å². The first kappa shape index (κ1) is 14.1. The highest BCUT2D eigenvalue weighted by atomic mass is 19.1. The largest absolute Gasteiger partial charge is 0.467 e. The van der Waals surface area contributed by atoms with Crippen molar-refractivity contribution in [3.8, 4) is 0 Å². The molecule has 0 amide bonds. The zero-order chi connectivity index (χ0) is 14.8. The van der Waals surface area contributed by atoms with Gasteiger partial charge in [0.1, 0.15) is 23.1 Å². The van der Waals surface area contributed by atoms with Crippen LogP contribution in [0.25, 0.3) is 0 Å². The van der Waals surface area contributed by atoms with Crippen molar-refractivity contribution in [3.63, 3.8) is 0 Å². The average Bonchev–Trinajstić information content (AvgIpc) is 3.12. The Morgan fingerprint density at radius 1 is 1.29 bits per heavy atom. The second-order valence-electron chi connectivity index (χ2n) is 5.50. The van der Waals surface area contributed by atoms with Gasteiger partial charge in [-0.1, -0.05) is 0 Å². The molecule has 0 spiro atoms. The number of nitrogens with zero attached hydrogens (tertiary/aromatic N) is 1. The third-order valence-corrected chi connectivity index (χ3v) is 3.60. The molecule has 1 aliphatic carbocycles. The van der Waals surface area contributed by atoms with Gasteiger partial charge in [0.25, 0.3) is 0 Å². The SMILES string of the molecule is CN(Cc1ccco1)c1c(F)cc(CNC2CC2)cc1F. The summed E-state index contributed by atoms with van der Waals surface area (Å²) in [6.45, 7) is 0.821. The van der Waals surface area contributed by atoms with Crippen molar-refractivity contribution in [1.29, 1.82) is 0 Å². The van der Waals surface area contributed by atoms with Crippen molar-refractivity contribution in [2.24, 2.45) is 0 Å². The number of hydrogen-bond acceptors (Lipinski definition) is 3. The predicted octanol–water partition coefficient (Wildman–Crippen LogP) is 3.45. The Balaban J connectivity index is 1.74. The van der Waals surface area contributed by atoms with Crippen molar-refractivity contribution in [2.45, 2.75) is 32.0 Å². The number of hydrogen-bond donors (Lipinski definition) is 1. The van der Waals surface area contributed by atoms with Crippen molar-refractivity contribution in [2.75, 3.05) is 11.9 Å². The molecule has 1 saturated carbocycles. The van der Waals surface area contributed by atoms with Gasteiger partial charge in [0.2, 0.25) is 0 Å². The van der Waals surface area contributed by atoms with E-state index < -0.39 is 11.6 Å². The van der Waals surface area contributed by atoms with E-state index in [9.17, 15) is 8.78 Å². The molecule has 5 heteroatoms. The van der Waals surface area contributed by atoms with Gasteiger partial charge in [0.05, 0.1) is 12.8 Å². The van der Waals surface area contributed by atoms with Crippen LogP contribution in [-0.4, -0.2) is 13.1 Å². The topological polar surface area (TPSA) is 28.4 Å². The van der Waals surface area contributed by atoms with Gasteiger partial charge in [0, 0.05) is 19.6 Å². The Hall–Kier alpha value is -1.88. The lowest BCUT2D eigenvalue weighted by molar-refractivity contribution is 0.501. The lowest BCUT2D eigenvalue weighted by atomic mass is 10.1. The molecule has 0 bridgehead atoms. The quantitative estimate of drug-likeness (QED) is 0.884. The van der Waals surface area contributed by atoms with Gasteiger partial charge in [-0.25, -0.2) is 8.78 Å². The summed E-state index contributed by atoms with van der Waals surface area (Å²) >= 11 is 0. The van der Waals surface area contributed by atoms with Gasteiger partial charge in [-0.2, -0.15) is 0 Å². The summed E-state index contributed by atoms with van der Waals surface area (Å²) in [7, 11) is 1.64. The second-order valence-corrected chi connectivity index (χ2v) is 5.50. The van der Waals surface area contributed by atoms with Crippen LogP contribution in [0.1, 0.15) is 24.2 Å². The zero-order valence-corrected chi connectivity index (χ0v) is 11.9. The standard InChI is InChI=1S/C16H18F2N2O/c1-20(10-13-3-2-6-21-13)16-14(17)7-11(8-15(16)18)9-19-12-4-5-12/h2-3,6-8,12,19H,4-5,9-10H2,1H3. The van der Waals surface area contributed by atoms with Crippen LogP contribution in [0, 0.1) is 11.6 Å². The first-order chi connectivity index (χ1) is 10.1. The molecule has 0 atom stereocenters. The van der Waals surface area contributed by atoms with E-state index in [0.717, 1.165) is 12.8 Å². The van der Waals surface area contributed by atoms with E-state index in [1.165, 1.54) is 17.0 Å². The number of benzene rings is 1. The van der Waals surface area contributed by atoms with Gasteiger partial charge in [-0.3, -0.25) is 0 Å². The summed E-state index contributed by atoms with van der Waals surface area (Å²) in [6.07, 6.45) is 3.84. The number of furan rings is 1. The van der Waals surface area contributed by atoms with Crippen LogP contribution in [-0.2, 0) is 13.1 Å². The molecule has 0 radical (unpaired) electrons. The molecule has 0 saturated heterocycles. The predicted molar refractivity (Wildman–Crippen MR) is 77.0 cm³/mol. The first-order valence-corrected chi connectivity index (χ1v) is 7.08. The molecule has 1 aromatic heterocycles. The highest BCUT2D eigenvalue weighted by Crippen LogP contribution is 2.26. The van der Waals surface area contributed by atoms with Crippen LogP contribution < -0.4 is 10.2 Å². The van der Waals surface area contributed by atoms with Crippen molar-refractivity contribution in [3.05, 3.63) is 53.5 Å². The maximum absolute atomic E-state index is 14.2. The minimum absolute atomic E-state index is 0.0263. The van der Waals surface area contributed by atoms with Gasteiger partial charge in [-0.15, -0.1) is 0 Å². The summed E-state index contributed by atoms with van der Waals surface area (Å²) in [5, 5.41) is 3.25. The molecule has 1 fully saturated rings. The molecule has 0 unspecified atom stereocenters. The molecule has 3 nitrogen and oxygen atoms in total. The molecule has 1 N–H and O–H groups in total. The molecule has 0 aliphatic heterocycles. The maximum atomic E-state index is 14.2. The van der Waals surface area contributed by atoms with E-state index in [0.29, 0.717) is 30.5 Å². The summed E-state index contributed by atoms with van der Waals surface area (Å²) in [5.41, 5.74) is 0.605. The minimum atomic E-state index is -0.545. The number of anilines is 1. The fraction of sp³-hybridized carbons (Fsp3) is 0.375. The Morgan fingerprint density at radius 3 is 2.57 bits per heavy atom. The number of rotatable bonds is 6. The minimum Gasteiger partial charge on any atom is -0.467 e. The summed E-state index contributed by atoms with van der Waals surface area (Å²) in [6, 6.07) is 6.83. The van der Waals surface area contributed by atoms with Crippen LogP contribution in [0.3, 0.4) is 0 Å². The lowest BCUT2D eigenvalue weighted by Crippen LogP contribution is -2.20. The Labute approximate surface area is 122 Å². The maximum Gasteiger partial charge on any atom is 0.149 e. The van der Waals surface area contributed by atoms with Crippen LogP contribution in [0.5, 0.6) is 0 Å². The molecular weight excluding hydrogens is 274 g/mol. The number of nitrogens with one attached hydrogen (secondary N) is 1. The van der Waals surface area contributed by atoms with E-state index >= 15 is 0 Å². The average molecular weight is 292 g/mol. The monoisotopic (exact) mass is 292 g/mol. The van der Waals surface area contributed by atoms with Gasteiger partial charge in [0.15, 0.2) is 0 Å². The van der Waals surface area contributed by atoms with Crippen LogP contribution >= 0.6 is 0 Å². The molecule has 1 aliphatic rings. The van der Waals surface area contributed by atoms with Gasteiger partial charge in [-0.05, 0) is 42.7 Å². The zero-order valence-electron chi connectivity index (χ0n) is 11.9. The fourth-order valence-corrected chi connectivity index (χ4v) is 2.35. The van der Waals surface area contributed by atoms with Crippen LogP contribution in [0.4, 0.5) is 14.5 Å². The fourth-order valence-electron chi connectivity index (χ4n) is 2.35. The summed E-state index contributed by atoms with van der Waals surface area (Å²) in [4.78, 5) is 1.52. The van der Waals surface area contributed by atoms with E-state index in [2.05, 4.69) is 5.32 Å². The normalized spacial score (nSPS) is 14.4. The Bertz CT molecular complexity index is 586. The summed E-state index contributed by atoms with van der Waals surface area (Å²) in [5.74, 6) is -0.427. The summed E-state index contributed by atoms with van der Waals surface area (Å²) < 4.78 is 33.6. The van der Waals surface area contributed by atoms with Crippen molar-refractivity contribution >= 4 is 5.69 Å².